The first-order chi connectivity index (χ1) is 9.69. The first-order valence-corrected chi connectivity index (χ1v) is 6.36. The fourth-order valence-electron chi connectivity index (χ4n) is 2.22. The molecular weight excluding hydrogens is 250 g/mol. The summed E-state index contributed by atoms with van der Waals surface area (Å²) in [5.74, 6) is 1.86. The van der Waals surface area contributed by atoms with Crippen molar-refractivity contribution in [2.45, 2.75) is 6.92 Å². The summed E-state index contributed by atoms with van der Waals surface area (Å²) in [4.78, 5) is 8.95. The summed E-state index contributed by atoms with van der Waals surface area (Å²) in [6.45, 7) is 2.02. The number of methoxy groups -OCH3 is 1. The number of aliphatic imine (C=N–C) groups is 2. The van der Waals surface area contributed by atoms with Crippen LogP contribution in [0.15, 0.2) is 52.4 Å². The van der Waals surface area contributed by atoms with Gasteiger partial charge in [0.15, 0.2) is 5.84 Å². The van der Waals surface area contributed by atoms with E-state index in [-0.39, 0.29) is 0 Å². The third-order valence-electron chi connectivity index (χ3n) is 3.23. The summed E-state index contributed by atoms with van der Waals surface area (Å²) >= 11 is 0. The maximum Gasteiger partial charge on any atom is 0.163 e. The lowest BCUT2D eigenvalue weighted by Crippen LogP contribution is -2.09. The van der Waals surface area contributed by atoms with Gasteiger partial charge in [-0.1, -0.05) is 30.3 Å². The minimum Gasteiger partial charge on any atom is -0.494 e. The fourth-order valence-corrected chi connectivity index (χ4v) is 2.22. The van der Waals surface area contributed by atoms with Crippen LogP contribution in [-0.4, -0.2) is 18.8 Å². The molecule has 1 aliphatic heterocycles. The lowest BCUT2D eigenvalue weighted by Gasteiger charge is -2.06. The number of ether oxygens (including phenoxy) is 1. The van der Waals surface area contributed by atoms with Crippen LogP contribution in [0.1, 0.15) is 16.7 Å². The molecule has 2 aromatic rings. The van der Waals surface area contributed by atoms with Gasteiger partial charge in [-0.15, -0.1) is 0 Å². The zero-order valence-corrected chi connectivity index (χ0v) is 11.4. The second-order valence-electron chi connectivity index (χ2n) is 4.65. The van der Waals surface area contributed by atoms with E-state index in [9.17, 15) is 0 Å². The molecule has 0 aromatic heterocycles. The molecule has 4 heteroatoms. The Morgan fingerprint density at radius 2 is 1.85 bits per heavy atom. The largest absolute Gasteiger partial charge is 0.494 e. The van der Waals surface area contributed by atoms with Crippen LogP contribution in [0.5, 0.6) is 5.75 Å². The van der Waals surface area contributed by atoms with Crippen LogP contribution in [0.4, 0.5) is 5.69 Å². The van der Waals surface area contributed by atoms with Crippen molar-refractivity contribution in [1.82, 2.24) is 0 Å². The Hall–Kier alpha value is -2.62. The van der Waals surface area contributed by atoms with Gasteiger partial charge in [-0.05, 0) is 24.6 Å². The van der Waals surface area contributed by atoms with Crippen LogP contribution in [-0.2, 0) is 0 Å². The van der Waals surface area contributed by atoms with E-state index in [4.69, 9.17) is 10.5 Å². The molecule has 100 valence electrons. The predicted molar refractivity (Wildman–Crippen MR) is 81.1 cm³/mol. The summed E-state index contributed by atoms with van der Waals surface area (Å²) in [6.07, 6.45) is 0. The van der Waals surface area contributed by atoms with E-state index in [0.717, 1.165) is 28.1 Å². The molecule has 0 bridgehead atoms. The van der Waals surface area contributed by atoms with Crippen molar-refractivity contribution in [3.05, 3.63) is 59.2 Å². The van der Waals surface area contributed by atoms with Crippen molar-refractivity contribution >= 4 is 17.4 Å². The van der Waals surface area contributed by atoms with Crippen LogP contribution in [0, 0.1) is 6.92 Å². The van der Waals surface area contributed by atoms with Crippen molar-refractivity contribution in [2.24, 2.45) is 15.7 Å². The number of nitrogens with zero attached hydrogens (tertiary/aromatic N) is 2. The summed E-state index contributed by atoms with van der Waals surface area (Å²) in [6, 6.07) is 13.7. The maximum absolute atomic E-state index is 5.93. The number of benzene rings is 2. The number of nitrogens with two attached hydrogens (primary N) is 1. The van der Waals surface area contributed by atoms with Gasteiger partial charge in [0.25, 0.3) is 0 Å². The highest BCUT2D eigenvalue weighted by Gasteiger charge is 2.19. The molecule has 0 amide bonds. The fraction of sp³-hybridized carbons (Fsp3) is 0.125. The van der Waals surface area contributed by atoms with Gasteiger partial charge in [-0.3, -0.25) is 0 Å². The van der Waals surface area contributed by atoms with Gasteiger partial charge in [0.05, 0.1) is 7.11 Å². The Morgan fingerprint density at radius 1 is 1.10 bits per heavy atom. The molecule has 2 N–H and O–H groups in total. The van der Waals surface area contributed by atoms with Crippen LogP contribution in [0.3, 0.4) is 0 Å². The Labute approximate surface area is 117 Å². The standard InChI is InChI=1S/C16H15N3O/c1-10-7-8-14(20-2)13(9-10)18-16-12-6-4-3-5-11(12)15(17)19-16/h3-9H,1-2H3,(H2,17,18,19). The predicted octanol–water partition coefficient (Wildman–Crippen LogP) is 2.80. The van der Waals surface area contributed by atoms with Gasteiger partial charge in [0, 0.05) is 11.1 Å². The second kappa shape index (κ2) is 4.81. The number of amidine groups is 2. The highest BCUT2D eigenvalue weighted by molar-refractivity contribution is 6.22. The molecular formula is C16H15N3O. The SMILES string of the molecule is COc1ccc(C)cc1N=C1N=C(N)c2ccccc21. The number of hydrogen-bond donors (Lipinski definition) is 1. The van der Waals surface area contributed by atoms with Gasteiger partial charge in [-0.25, -0.2) is 9.98 Å². The van der Waals surface area contributed by atoms with Gasteiger partial charge in [0.1, 0.15) is 17.3 Å². The van der Waals surface area contributed by atoms with Crippen molar-refractivity contribution in [3.63, 3.8) is 0 Å². The zero-order chi connectivity index (χ0) is 14.1. The summed E-state index contributed by atoms with van der Waals surface area (Å²) in [5, 5.41) is 0. The smallest absolute Gasteiger partial charge is 0.163 e. The molecule has 0 aliphatic carbocycles. The summed E-state index contributed by atoms with van der Waals surface area (Å²) in [7, 11) is 1.63. The monoisotopic (exact) mass is 265 g/mol. The summed E-state index contributed by atoms with van der Waals surface area (Å²) < 4.78 is 5.34. The summed E-state index contributed by atoms with van der Waals surface area (Å²) in [5.41, 5.74) is 9.69. The third-order valence-corrected chi connectivity index (χ3v) is 3.23. The van der Waals surface area contributed by atoms with Gasteiger partial charge < -0.3 is 10.5 Å². The molecule has 0 fully saturated rings. The maximum atomic E-state index is 5.93. The third kappa shape index (κ3) is 2.05. The molecule has 3 rings (SSSR count). The van der Waals surface area contributed by atoms with E-state index in [0.29, 0.717) is 11.7 Å². The van der Waals surface area contributed by atoms with E-state index < -0.39 is 0 Å². The van der Waals surface area contributed by atoms with Crippen molar-refractivity contribution in [2.75, 3.05) is 7.11 Å². The average molecular weight is 265 g/mol. The van der Waals surface area contributed by atoms with Gasteiger partial charge in [0.2, 0.25) is 0 Å². The number of rotatable bonds is 2. The Morgan fingerprint density at radius 3 is 2.60 bits per heavy atom. The number of aryl methyl sites for hydroxylation is 1. The highest BCUT2D eigenvalue weighted by atomic mass is 16.5. The van der Waals surface area contributed by atoms with E-state index >= 15 is 0 Å². The van der Waals surface area contributed by atoms with E-state index in [1.807, 2.05) is 49.4 Å². The first-order valence-electron chi connectivity index (χ1n) is 6.36. The minimum absolute atomic E-state index is 0.506. The lowest BCUT2D eigenvalue weighted by atomic mass is 10.1. The van der Waals surface area contributed by atoms with Crippen molar-refractivity contribution in [1.29, 1.82) is 0 Å². The molecule has 4 nitrogen and oxygen atoms in total. The topological polar surface area (TPSA) is 60.0 Å². The average Bonchev–Trinajstić information content (AvgIpc) is 2.76. The molecule has 0 saturated heterocycles. The Balaban J connectivity index is 2.13. The molecule has 0 saturated carbocycles. The Bertz CT molecular complexity index is 732. The van der Waals surface area contributed by atoms with Crippen molar-refractivity contribution < 1.29 is 4.74 Å². The Kier molecular flexibility index (Phi) is 2.99. The van der Waals surface area contributed by atoms with E-state index in [1.165, 1.54) is 0 Å². The second-order valence-corrected chi connectivity index (χ2v) is 4.65. The number of fused-ring (bicyclic) bond motifs is 1. The molecule has 0 radical (unpaired) electrons. The lowest BCUT2D eigenvalue weighted by molar-refractivity contribution is 0.416. The number of hydrogen-bond acceptors (Lipinski definition) is 3. The van der Waals surface area contributed by atoms with Crippen LogP contribution < -0.4 is 10.5 Å². The highest BCUT2D eigenvalue weighted by Crippen LogP contribution is 2.30. The van der Waals surface area contributed by atoms with E-state index in [2.05, 4.69) is 9.98 Å². The molecule has 20 heavy (non-hydrogen) atoms. The molecule has 0 unspecified atom stereocenters. The minimum atomic E-state index is 0.506. The molecule has 1 aliphatic rings. The molecule has 0 spiro atoms. The van der Waals surface area contributed by atoms with E-state index in [1.54, 1.807) is 7.11 Å². The zero-order valence-electron chi connectivity index (χ0n) is 11.4. The van der Waals surface area contributed by atoms with Gasteiger partial charge in [-0.2, -0.15) is 0 Å². The van der Waals surface area contributed by atoms with Gasteiger partial charge >= 0.3 is 0 Å². The molecule has 2 aromatic carbocycles. The molecule has 0 atom stereocenters. The normalized spacial score (nSPS) is 15.1. The van der Waals surface area contributed by atoms with Crippen LogP contribution >= 0.6 is 0 Å². The molecule has 1 heterocycles. The van der Waals surface area contributed by atoms with Crippen LogP contribution in [0.25, 0.3) is 0 Å². The first kappa shape index (κ1) is 12.4. The quantitative estimate of drug-likeness (QED) is 0.907. The van der Waals surface area contributed by atoms with Crippen LogP contribution in [0.2, 0.25) is 0 Å². The van der Waals surface area contributed by atoms with Crippen molar-refractivity contribution in [3.8, 4) is 5.75 Å².